The van der Waals surface area contributed by atoms with E-state index in [1.807, 2.05) is 36.4 Å². The van der Waals surface area contributed by atoms with E-state index in [1.165, 1.54) is 0 Å². The van der Waals surface area contributed by atoms with Crippen molar-refractivity contribution < 1.29 is 9.53 Å². The number of aromatic nitrogens is 3. The number of hydrogen-bond acceptors (Lipinski definition) is 4. The van der Waals surface area contributed by atoms with E-state index < -0.39 is 6.03 Å². The molecule has 0 aliphatic rings. The summed E-state index contributed by atoms with van der Waals surface area (Å²) in [5.74, 6) is 1.09. The standard InChI is InChI=1S/C16H15N5O2/c1-23-14-5-3-2-4-13(14)21-12(7-9-19-21)11-6-8-18-15(10-11)20-16(17)22/h2-10H,1H3,(H3,17,18,20,22). The van der Waals surface area contributed by atoms with Crippen LogP contribution in [-0.2, 0) is 0 Å². The highest BCUT2D eigenvalue weighted by Crippen LogP contribution is 2.28. The smallest absolute Gasteiger partial charge is 0.317 e. The molecule has 0 fully saturated rings. The molecule has 7 nitrogen and oxygen atoms in total. The van der Waals surface area contributed by atoms with Crippen LogP contribution in [0.2, 0.25) is 0 Å². The van der Waals surface area contributed by atoms with Crippen molar-refractivity contribution in [2.24, 2.45) is 5.73 Å². The Morgan fingerprint density at radius 2 is 2.04 bits per heavy atom. The molecule has 0 aliphatic heterocycles. The van der Waals surface area contributed by atoms with Crippen molar-refractivity contribution in [3.8, 4) is 22.7 Å². The minimum atomic E-state index is -0.659. The van der Waals surface area contributed by atoms with E-state index in [1.54, 1.807) is 30.3 Å². The summed E-state index contributed by atoms with van der Waals surface area (Å²) >= 11 is 0. The monoisotopic (exact) mass is 309 g/mol. The SMILES string of the molecule is COc1ccccc1-n1nccc1-c1ccnc(NC(N)=O)c1. The lowest BCUT2D eigenvalue weighted by atomic mass is 10.2. The Kier molecular flexibility index (Phi) is 3.92. The predicted octanol–water partition coefficient (Wildman–Crippen LogP) is 2.43. The van der Waals surface area contributed by atoms with Gasteiger partial charge in [-0.25, -0.2) is 14.5 Å². The number of nitrogens with two attached hydrogens (primary N) is 1. The molecule has 2 aromatic heterocycles. The lowest BCUT2D eigenvalue weighted by Gasteiger charge is -2.12. The van der Waals surface area contributed by atoms with Gasteiger partial charge in [0.15, 0.2) is 0 Å². The fraction of sp³-hybridized carbons (Fsp3) is 0.0625. The van der Waals surface area contributed by atoms with Crippen molar-refractivity contribution in [2.75, 3.05) is 12.4 Å². The number of amides is 2. The summed E-state index contributed by atoms with van der Waals surface area (Å²) in [5, 5.41) is 6.83. The highest BCUT2D eigenvalue weighted by Gasteiger charge is 2.12. The van der Waals surface area contributed by atoms with Crippen LogP contribution < -0.4 is 15.8 Å². The highest BCUT2D eigenvalue weighted by atomic mass is 16.5. The molecule has 0 unspecified atom stereocenters. The van der Waals surface area contributed by atoms with E-state index in [0.717, 1.165) is 16.9 Å². The third-order valence-corrected chi connectivity index (χ3v) is 3.26. The van der Waals surface area contributed by atoms with E-state index in [4.69, 9.17) is 10.5 Å². The van der Waals surface area contributed by atoms with Gasteiger partial charge < -0.3 is 10.5 Å². The average molecular weight is 309 g/mol. The molecule has 0 atom stereocenters. The third-order valence-electron chi connectivity index (χ3n) is 3.26. The molecule has 116 valence electrons. The van der Waals surface area contributed by atoms with Gasteiger partial charge in [-0.15, -0.1) is 0 Å². The minimum Gasteiger partial charge on any atom is -0.494 e. The Bertz CT molecular complexity index is 844. The van der Waals surface area contributed by atoms with Crippen LogP contribution in [0.15, 0.2) is 54.9 Å². The fourth-order valence-corrected chi connectivity index (χ4v) is 2.30. The van der Waals surface area contributed by atoms with E-state index in [2.05, 4.69) is 15.4 Å². The number of nitrogens with one attached hydrogen (secondary N) is 1. The molecular formula is C16H15N5O2. The molecule has 0 saturated carbocycles. The van der Waals surface area contributed by atoms with Crippen LogP contribution in [0.25, 0.3) is 16.9 Å². The average Bonchev–Trinajstić information content (AvgIpc) is 3.04. The maximum atomic E-state index is 11.0. The number of rotatable bonds is 4. The summed E-state index contributed by atoms with van der Waals surface area (Å²) in [4.78, 5) is 15.0. The topological polar surface area (TPSA) is 95.1 Å². The molecule has 3 aromatic rings. The van der Waals surface area contributed by atoms with E-state index in [-0.39, 0.29) is 0 Å². The van der Waals surface area contributed by atoms with Gasteiger partial charge in [-0.2, -0.15) is 5.10 Å². The number of para-hydroxylation sites is 2. The van der Waals surface area contributed by atoms with Gasteiger partial charge in [-0.05, 0) is 30.3 Å². The normalized spacial score (nSPS) is 10.3. The Labute approximate surface area is 132 Å². The number of primary amides is 1. The van der Waals surface area contributed by atoms with Crippen LogP contribution in [0, 0.1) is 0 Å². The second kappa shape index (κ2) is 6.18. The molecule has 0 spiro atoms. The summed E-state index contributed by atoms with van der Waals surface area (Å²) < 4.78 is 7.16. The Morgan fingerprint density at radius 3 is 2.83 bits per heavy atom. The van der Waals surface area contributed by atoms with Crippen molar-refractivity contribution in [1.82, 2.24) is 14.8 Å². The summed E-state index contributed by atoms with van der Waals surface area (Å²) in [6, 6.07) is 12.4. The van der Waals surface area contributed by atoms with Crippen LogP contribution in [0.5, 0.6) is 5.75 Å². The maximum absolute atomic E-state index is 11.0. The van der Waals surface area contributed by atoms with Gasteiger partial charge in [0.05, 0.1) is 19.0 Å². The molecule has 2 heterocycles. The molecule has 2 amide bonds. The number of carbonyl (C=O) groups excluding carboxylic acids is 1. The number of carbonyl (C=O) groups is 1. The first-order chi connectivity index (χ1) is 11.2. The lowest BCUT2D eigenvalue weighted by molar-refractivity contribution is 0.259. The first-order valence-corrected chi connectivity index (χ1v) is 6.89. The van der Waals surface area contributed by atoms with Gasteiger partial charge in [0.25, 0.3) is 0 Å². The number of urea groups is 1. The van der Waals surface area contributed by atoms with Crippen LogP contribution in [0.4, 0.5) is 10.6 Å². The fourth-order valence-electron chi connectivity index (χ4n) is 2.30. The molecule has 3 N–H and O–H groups in total. The van der Waals surface area contributed by atoms with Crippen molar-refractivity contribution >= 4 is 11.8 Å². The van der Waals surface area contributed by atoms with Crippen molar-refractivity contribution in [2.45, 2.75) is 0 Å². The maximum Gasteiger partial charge on any atom is 0.317 e. The molecule has 0 saturated heterocycles. The number of ether oxygens (including phenoxy) is 1. The van der Waals surface area contributed by atoms with Gasteiger partial charge in [-0.3, -0.25) is 5.32 Å². The van der Waals surface area contributed by atoms with Gasteiger partial charge in [-0.1, -0.05) is 12.1 Å². The number of hydrogen-bond donors (Lipinski definition) is 2. The number of nitrogens with zero attached hydrogens (tertiary/aromatic N) is 3. The third kappa shape index (κ3) is 2.98. The van der Waals surface area contributed by atoms with E-state index in [9.17, 15) is 4.79 Å². The first kappa shape index (κ1) is 14.6. The Balaban J connectivity index is 2.06. The zero-order valence-electron chi connectivity index (χ0n) is 12.4. The number of benzene rings is 1. The largest absolute Gasteiger partial charge is 0.494 e. The predicted molar refractivity (Wildman–Crippen MR) is 86.6 cm³/mol. The van der Waals surface area contributed by atoms with Crippen LogP contribution in [-0.4, -0.2) is 27.9 Å². The molecule has 3 rings (SSSR count). The van der Waals surface area contributed by atoms with E-state index in [0.29, 0.717) is 11.6 Å². The molecule has 0 bridgehead atoms. The van der Waals surface area contributed by atoms with Crippen molar-refractivity contribution in [3.05, 3.63) is 54.9 Å². The van der Waals surface area contributed by atoms with Crippen LogP contribution in [0.1, 0.15) is 0 Å². The Hall–Kier alpha value is -3.35. The Morgan fingerprint density at radius 1 is 1.22 bits per heavy atom. The number of pyridine rings is 1. The first-order valence-electron chi connectivity index (χ1n) is 6.89. The van der Waals surface area contributed by atoms with Crippen molar-refractivity contribution in [1.29, 1.82) is 0 Å². The second-order valence-corrected chi connectivity index (χ2v) is 4.72. The zero-order valence-corrected chi connectivity index (χ0v) is 12.4. The van der Waals surface area contributed by atoms with Gasteiger partial charge in [0.1, 0.15) is 17.3 Å². The van der Waals surface area contributed by atoms with E-state index >= 15 is 0 Å². The number of anilines is 1. The molecule has 7 heteroatoms. The quantitative estimate of drug-likeness (QED) is 0.773. The summed E-state index contributed by atoms with van der Waals surface area (Å²) in [7, 11) is 1.61. The summed E-state index contributed by atoms with van der Waals surface area (Å²) in [5.41, 5.74) is 7.62. The lowest BCUT2D eigenvalue weighted by Crippen LogP contribution is -2.19. The molecule has 1 aromatic carbocycles. The van der Waals surface area contributed by atoms with Gasteiger partial charge in [0.2, 0.25) is 0 Å². The molecule has 0 radical (unpaired) electrons. The highest BCUT2D eigenvalue weighted by molar-refractivity contribution is 5.87. The van der Waals surface area contributed by atoms with Gasteiger partial charge in [0, 0.05) is 11.8 Å². The summed E-state index contributed by atoms with van der Waals surface area (Å²) in [6.45, 7) is 0. The van der Waals surface area contributed by atoms with Gasteiger partial charge >= 0.3 is 6.03 Å². The van der Waals surface area contributed by atoms with Crippen LogP contribution >= 0.6 is 0 Å². The minimum absolute atomic E-state index is 0.378. The van der Waals surface area contributed by atoms with Crippen molar-refractivity contribution in [3.63, 3.8) is 0 Å². The van der Waals surface area contributed by atoms with Crippen LogP contribution in [0.3, 0.4) is 0 Å². The molecule has 0 aliphatic carbocycles. The second-order valence-electron chi connectivity index (χ2n) is 4.72. The zero-order chi connectivity index (χ0) is 16.2. The molecular weight excluding hydrogens is 294 g/mol. The molecule has 23 heavy (non-hydrogen) atoms. The summed E-state index contributed by atoms with van der Waals surface area (Å²) in [6.07, 6.45) is 3.30. The number of methoxy groups -OCH3 is 1.